The van der Waals surface area contributed by atoms with E-state index in [9.17, 15) is 0 Å². The lowest BCUT2D eigenvalue weighted by Crippen LogP contribution is -1.94. The summed E-state index contributed by atoms with van der Waals surface area (Å²) in [5, 5.41) is 5.10. The minimum atomic E-state index is 0.914. The van der Waals surface area contributed by atoms with Gasteiger partial charge in [0.15, 0.2) is 0 Å². The molecular formula is C31H28N4. The molecule has 0 aliphatic rings. The number of hydrogen-bond donors (Lipinski definition) is 3. The van der Waals surface area contributed by atoms with Crippen LogP contribution in [0.15, 0.2) is 66.7 Å². The van der Waals surface area contributed by atoms with Crippen LogP contribution >= 0.6 is 0 Å². The Morgan fingerprint density at radius 3 is 2.20 bits per heavy atom. The van der Waals surface area contributed by atoms with Crippen molar-refractivity contribution < 1.29 is 0 Å². The molecule has 7 aromatic rings. The number of para-hydroxylation sites is 2. The summed E-state index contributed by atoms with van der Waals surface area (Å²) in [6.07, 6.45) is 4.67. The number of hydrogen-bond acceptors (Lipinski definition) is 1. The van der Waals surface area contributed by atoms with E-state index < -0.39 is 0 Å². The molecule has 4 aromatic carbocycles. The number of aromatic amines is 3. The van der Waals surface area contributed by atoms with Crippen molar-refractivity contribution in [3.05, 3.63) is 77.9 Å². The van der Waals surface area contributed by atoms with Crippen molar-refractivity contribution in [3.63, 3.8) is 0 Å². The quantitative estimate of drug-likeness (QED) is 0.223. The first kappa shape index (κ1) is 20.3. The Kier molecular flexibility index (Phi) is 4.50. The minimum Gasteiger partial charge on any atom is -0.354 e. The summed E-state index contributed by atoms with van der Waals surface area (Å²) in [6.45, 7) is 4.39. The fraction of sp³-hybridized carbons (Fsp3) is 0.194. The first-order valence-corrected chi connectivity index (χ1v) is 12.7. The second-order valence-corrected chi connectivity index (χ2v) is 9.76. The van der Waals surface area contributed by atoms with E-state index in [1.54, 1.807) is 0 Å². The number of H-pyrrole nitrogens is 3. The summed E-state index contributed by atoms with van der Waals surface area (Å²) in [4.78, 5) is 16.4. The second kappa shape index (κ2) is 7.74. The molecule has 0 aliphatic carbocycles. The number of fused-ring (bicyclic) bond motifs is 7. The summed E-state index contributed by atoms with van der Waals surface area (Å²) in [7, 11) is 0. The highest BCUT2D eigenvalue weighted by atomic mass is 14.9. The summed E-state index contributed by atoms with van der Waals surface area (Å²) in [5.74, 6) is 0.914. The van der Waals surface area contributed by atoms with Gasteiger partial charge in [0.25, 0.3) is 0 Å². The van der Waals surface area contributed by atoms with E-state index in [0.29, 0.717) is 0 Å². The van der Waals surface area contributed by atoms with Crippen LogP contribution in [0.3, 0.4) is 0 Å². The molecule has 0 saturated carbocycles. The van der Waals surface area contributed by atoms with Gasteiger partial charge in [0.2, 0.25) is 0 Å². The Morgan fingerprint density at radius 2 is 1.43 bits per heavy atom. The number of benzene rings is 4. The molecule has 0 atom stereocenters. The molecule has 35 heavy (non-hydrogen) atoms. The topological polar surface area (TPSA) is 60.3 Å². The molecule has 0 aliphatic heterocycles. The number of rotatable bonds is 5. The number of aromatic nitrogens is 4. The number of nitrogens with zero attached hydrogens (tertiary/aromatic N) is 1. The van der Waals surface area contributed by atoms with Gasteiger partial charge in [0.1, 0.15) is 5.82 Å². The molecule has 0 unspecified atom stereocenters. The summed E-state index contributed by atoms with van der Waals surface area (Å²) >= 11 is 0. The molecule has 3 heterocycles. The monoisotopic (exact) mass is 456 g/mol. The lowest BCUT2D eigenvalue weighted by molar-refractivity contribution is 0.721. The molecule has 7 rings (SSSR count). The van der Waals surface area contributed by atoms with E-state index in [1.807, 2.05) is 0 Å². The van der Waals surface area contributed by atoms with Crippen molar-refractivity contribution in [2.45, 2.75) is 39.5 Å². The van der Waals surface area contributed by atoms with Crippen molar-refractivity contribution >= 4 is 54.6 Å². The third-order valence-corrected chi connectivity index (χ3v) is 7.42. The van der Waals surface area contributed by atoms with Gasteiger partial charge in [0, 0.05) is 32.6 Å². The van der Waals surface area contributed by atoms with Crippen molar-refractivity contribution in [1.29, 1.82) is 0 Å². The van der Waals surface area contributed by atoms with E-state index in [4.69, 9.17) is 4.98 Å². The lowest BCUT2D eigenvalue weighted by atomic mass is 9.93. The first-order valence-electron chi connectivity index (χ1n) is 12.7. The zero-order valence-electron chi connectivity index (χ0n) is 20.1. The van der Waals surface area contributed by atoms with Crippen LogP contribution in [0.4, 0.5) is 0 Å². The van der Waals surface area contributed by atoms with Crippen LogP contribution in [-0.4, -0.2) is 19.9 Å². The third-order valence-electron chi connectivity index (χ3n) is 7.42. The maximum atomic E-state index is 5.10. The smallest absolute Gasteiger partial charge is 0.141 e. The number of imidazole rings is 1. The first-order chi connectivity index (χ1) is 17.2. The maximum absolute atomic E-state index is 5.10. The Morgan fingerprint density at radius 1 is 0.714 bits per heavy atom. The van der Waals surface area contributed by atoms with E-state index >= 15 is 0 Å². The van der Waals surface area contributed by atoms with E-state index in [2.05, 4.69) is 95.5 Å². The van der Waals surface area contributed by atoms with Crippen molar-refractivity contribution in [2.75, 3.05) is 0 Å². The molecule has 3 N–H and O–H groups in total. The van der Waals surface area contributed by atoms with Crippen molar-refractivity contribution in [1.82, 2.24) is 19.9 Å². The maximum Gasteiger partial charge on any atom is 0.141 e. The third kappa shape index (κ3) is 3.02. The Balaban J connectivity index is 1.68. The standard InChI is InChI=1S/C31H28N4/c1-3-4-5-12-21-26-19-10-6-8-13-22(19)33-30(26)28(27-20-11-7-9-14-23(20)32-29(21)27)31-34-24-16-15-18(2)17-25(24)35-31/h6-11,13-17,32-33H,3-5,12H2,1-2H3,(H,34,35). The van der Waals surface area contributed by atoms with Crippen LogP contribution < -0.4 is 0 Å². The Labute approximate surface area is 203 Å². The number of unbranched alkanes of at least 4 members (excludes halogenated alkanes) is 2. The summed E-state index contributed by atoms with van der Waals surface area (Å²) in [6, 6.07) is 23.8. The van der Waals surface area contributed by atoms with Gasteiger partial charge >= 0.3 is 0 Å². The van der Waals surface area contributed by atoms with Crippen LogP contribution in [0.5, 0.6) is 0 Å². The van der Waals surface area contributed by atoms with E-state index in [-0.39, 0.29) is 0 Å². The van der Waals surface area contributed by atoms with Gasteiger partial charge in [-0.05, 0) is 55.2 Å². The van der Waals surface area contributed by atoms with Gasteiger partial charge < -0.3 is 15.0 Å². The molecular weight excluding hydrogens is 428 g/mol. The highest BCUT2D eigenvalue weighted by Gasteiger charge is 2.24. The van der Waals surface area contributed by atoms with Gasteiger partial charge in [-0.2, -0.15) is 0 Å². The van der Waals surface area contributed by atoms with E-state index in [0.717, 1.165) is 28.8 Å². The highest BCUT2D eigenvalue weighted by Crippen LogP contribution is 2.44. The Hall–Kier alpha value is -4.05. The van der Waals surface area contributed by atoms with Crippen LogP contribution in [0.2, 0.25) is 0 Å². The van der Waals surface area contributed by atoms with Gasteiger partial charge in [-0.25, -0.2) is 4.98 Å². The number of aryl methyl sites for hydroxylation is 2. The molecule has 0 radical (unpaired) electrons. The summed E-state index contributed by atoms with van der Waals surface area (Å²) < 4.78 is 0. The van der Waals surface area contributed by atoms with Gasteiger partial charge in [0.05, 0.1) is 27.6 Å². The molecule has 4 nitrogen and oxygen atoms in total. The number of nitrogens with one attached hydrogen (secondary N) is 3. The fourth-order valence-electron chi connectivity index (χ4n) is 5.80. The molecule has 0 amide bonds. The van der Waals surface area contributed by atoms with Crippen LogP contribution in [0.1, 0.15) is 37.3 Å². The molecule has 0 bridgehead atoms. The average molecular weight is 457 g/mol. The molecule has 0 saturated heterocycles. The molecule has 4 heteroatoms. The Bertz CT molecular complexity index is 1870. The van der Waals surface area contributed by atoms with Crippen LogP contribution in [-0.2, 0) is 6.42 Å². The fourth-order valence-corrected chi connectivity index (χ4v) is 5.80. The minimum absolute atomic E-state index is 0.914. The normalized spacial score (nSPS) is 12.2. The van der Waals surface area contributed by atoms with Gasteiger partial charge in [-0.3, -0.25) is 0 Å². The van der Waals surface area contributed by atoms with Crippen molar-refractivity contribution in [3.8, 4) is 11.4 Å². The summed E-state index contributed by atoms with van der Waals surface area (Å²) in [5.41, 5.74) is 10.6. The zero-order chi connectivity index (χ0) is 23.5. The van der Waals surface area contributed by atoms with Gasteiger partial charge in [-0.1, -0.05) is 62.2 Å². The predicted molar refractivity (Wildman–Crippen MR) is 148 cm³/mol. The van der Waals surface area contributed by atoms with E-state index in [1.165, 1.54) is 74.0 Å². The van der Waals surface area contributed by atoms with Crippen molar-refractivity contribution in [2.24, 2.45) is 0 Å². The molecule has 0 spiro atoms. The lowest BCUT2D eigenvalue weighted by Gasteiger charge is -2.11. The highest BCUT2D eigenvalue weighted by molar-refractivity contribution is 6.26. The molecule has 0 fully saturated rings. The molecule has 172 valence electrons. The SMILES string of the molecule is CCCCCc1c2[nH]c3ccccc3c2c(-c2nc3ccc(C)cc3[nH]2)c2[nH]c3ccccc3c12. The van der Waals surface area contributed by atoms with Gasteiger partial charge in [-0.15, -0.1) is 0 Å². The largest absolute Gasteiger partial charge is 0.354 e. The zero-order valence-corrected chi connectivity index (χ0v) is 20.1. The molecule has 3 aromatic heterocycles. The van der Waals surface area contributed by atoms with Crippen LogP contribution in [0, 0.1) is 6.92 Å². The van der Waals surface area contributed by atoms with Crippen LogP contribution in [0.25, 0.3) is 66.0 Å². The second-order valence-electron chi connectivity index (χ2n) is 9.76. The average Bonchev–Trinajstić information content (AvgIpc) is 3.57. The predicted octanol–water partition coefficient (Wildman–Crippen LogP) is 8.54.